The largest absolute Gasteiger partial charge is 0.348 e. The van der Waals surface area contributed by atoms with E-state index in [1.54, 1.807) is 0 Å². The van der Waals surface area contributed by atoms with Crippen molar-refractivity contribution >= 4 is 16.5 Å². The predicted octanol–water partition coefficient (Wildman–Crippen LogP) is 4.64. The number of anilines is 1. The van der Waals surface area contributed by atoms with Gasteiger partial charge in [-0.2, -0.15) is 0 Å². The molecule has 1 heterocycles. The summed E-state index contributed by atoms with van der Waals surface area (Å²) in [7, 11) is 2.17. The molecule has 0 saturated carbocycles. The van der Waals surface area contributed by atoms with Crippen molar-refractivity contribution in [3.8, 4) is 0 Å². The highest BCUT2D eigenvalue weighted by Gasteiger charge is 2.27. The SMILES string of the molecule is CCNCc1sc(N(C)C(C)C(C)(C)C)nc1C(C)CC. The molecule has 0 fully saturated rings. The van der Waals surface area contributed by atoms with E-state index in [-0.39, 0.29) is 5.41 Å². The van der Waals surface area contributed by atoms with Gasteiger partial charge in [-0.05, 0) is 31.2 Å². The third-order valence-corrected chi connectivity index (χ3v) is 5.63. The van der Waals surface area contributed by atoms with Crippen LogP contribution >= 0.6 is 11.3 Å². The third kappa shape index (κ3) is 4.68. The van der Waals surface area contributed by atoms with Crippen LogP contribution in [-0.4, -0.2) is 24.6 Å². The highest BCUT2D eigenvalue weighted by Crippen LogP contribution is 2.35. The first-order chi connectivity index (χ1) is 9.72. The van der Waals surface area contributed by atoms with Crippen LogP contribution in [0.2, 0.25) is 0 Å². The Bertz CT molecular complexity index is 434. The maximum Gasteiger partial charge on any atom is 0.185 e. The average molecular weight is 312 g/mol. The summed E-state index contributed by atoms with van der Waals surface area (Å²) in [6.07, 6.45) is 1.14. The minimum absolute atomic E-state index is 0.249. The predicted molar refractivity (Wildman–Crippen MR) is 95.5 cm³/mol. The molecule has 0 aliphatic carbocycles. The van der Waals surface area contributed by atoms with E-state index in [4.69, 9.17) is 4.98 Å². The van der Waals surface area contributed by atoms with Crippen LogP contribution in [0.3, 0.4) is 0 Å². The molecule has 0 aliphatic rings. The second kappa shape index (κ2) is 7.59. The lowest BCUT2D eigenvalue weighted by molar-refractivity contribution is 0.329. The zero-order valence-corrected chi connectivity index (χ0v) is 15.9. The quantitative estimate of drug-likeness (QED) is 0.795. The van der Waals surface area contributed by atoms with Crippen molar-refractivity contribution in [1.82, 2.24) is 10.3 Å². The van der Waals surface area contributed by atoms with Crippen molar-refractivity contribution in [1.29, 1.82) is 0 Å². The highest BCUT2D eigenvalue weighted by atomic mass is 32.1. The van der Waals surface area contributed by atoms with Crippen LogP contribution in [0.4, 0.5) is 5.13 Å². The van der Waals surface area contributed by atoms with E-state index >= 15 is 0 Å². The van der Waals surface area contributed by atoms with Gasteiger partial charge in [0, 0.05) is 24.5 Å². The van der Waals surface area contributed by atoms with E-state index in [0.717, 1.165) is 24.6 Å². The summed E-state index contributed by atoms with van der Waals surface area (Å²) in [5.41, 5.74) is 1.53. The van der Waals surface area contributed by atoms with Crippen molar-refractivity contribution in [3.05, 3.63) is 10.6 Å². The second-order valence-electron chi connectivity index (χ2n) is 7.05. The monoisotopic (exact) mass is 311 g/mol. The van der Waals surface area contributed by atoms with Gasteiger partial charge in [0.05, 0.1) is 5.69 Å². The Balaban J connectivity index is 3.05. The first kappa shape index (κ1) is 18.4. The van der Waals surface area contributed by atoms with Crippen molar-refractivity contribution in [3.63, 3.8) is 0 Å². The summed E-state index contributed by atoms with van der Waals surface area (Å²) in [6.45, 7) is 17.8. The highest BCUT2D eigenvalue weighted by molar-refractivity contribution is 7.15. The summed E-state index contributed by atoms with van der Waals surface area (Å²) in [5.74, 6) is 0.530. The molecule has 1 rings (SSSR count). The molecular formula is C17H33N3S. The number of rotatable bonds is 7. The van der Waals surface area contributed by atoms with Gasteiger partial charge in [0.15, 0.2) is 5.13 Å². The van der Waals surface area contributed by atoms with Gasteiger partial charge in [-0.25, -0.2) is 4.98 Å². The maximum atomic E-state index is 4.97. The first-order valence-electron chi connectivity index (χ1n) is 8.15. The molecule has 21 heavy (non-hydrogen) atoms. The van der Waals surface area contributed by atoms with Gasteiger partial charge in [-0.1, -0.05) is 41.5 Å². The maximum absolute atomic E-state index is 4.97. The van der Waals surface area contributed by atoms with Crippen molar-refractivity contribution in [2.75, 3.05) is 18.5 Å². The van der Waals surface area contributed by atoms with Crippen LogP contribution in [0.15, 0.2) is 0 Å². The van der Waals surface area contributed by atoms with E-state index in [1.807, 2.05) is 11.3 Å². The van der Waals surface area contributed by atoms with Crippen molar-refractivity contribution in [2.45, 2.75) is 73.4 Å². The molecule has 4 heteroatoms. The minimum atomic E-state index is 0.249. The van der Waals surface area contributed by atoms with E-state index in [2.05, 4.69) is 65.7 Å². The number of hydrogen-bond acceptors (Lipinski definition) is 4. The molecule has 0 amide bonds. The Morgan fingerprint density at radius 3 is 2.33 bits per heavy atom. The van der Waals surface area contributed by atoms with Crippen LogP contribution in [0.5, 0.6) is 0 Å². The zero-order chi connectivity index (χ0) is 16.2. The summed E-state index contributed by atoms with van der Waals surface area (Å²) in [4.78, 5) is 8.71. The Hall–Kier alpha value is -0.610. The van der Waals surface area contributed by atoms with Crippen LogP contribution in [0.25, 0.3) is 0 Å². The Kier molecular flexibility index (Phi) is 6.67. The summed E-state index contributed by atoms with van der Waals surface area (Å²) >= 11 is 1.85. The van der Waals surface area contributed by atoms with E-state index in [9.17, 15) is 0 Å². The molecule has 122 valence electrons. The molecule has 0 aliphatic heterocycles. The van der Waals surface area contributed by atoms with E-state index in [1.165, 1.54) is 10.6 Å². The zero-order valence-electron chi connectivity index (χ0n) is 15.1. The molecule has 0 spiro atoms. The van der Waals surface area contributed by atoms with Crippen LogP contribution in [0, 0.1) is 5.41 Å². The first-order valence-corrected chi connectivity index (χ1v) is 8.97. The van der Waals surface area contributed by atoms with Crippen LogP contribution < -0.4 is 10.2 Å². The Morgan fingerprint density at radius 2 is 1.86 bits per heavy atom. The normalized spacial score (nSPS) is 15.0. The van der Waals surface area contributed by atoms with Crippen molar-refractivity contribution in [2.24, 2.45) is 5.41 Å². The molecule has 1 aromatic rings. The van der Waals surface area contributed by atoms with Gasteiger partial charge < -0.3 is 10.2 Å². The molecule has 0 aromatic carbocycles. The fraction of sp³-hybridized carbons (Fsp3) is 0.824. The number of aromatic nitrogens is 1. The van der Waals surface area contributed by atoms with E-state index in [0.29, 0.717) is 12.0 Å². The van der Waals surface area contributed by atoms with Gasteiger partial charge in [-0.3, -0.25) is 0 Å². The lowest BCUT2D eigenvalue weighted by Gasteiger charge is -2.35. The van der Waals surface area contributed by atoms with Gasteiger partial charge >= 0.3 is 0 Å². The molecular weight excluding hydrogens is 278 g/mol. The Morgan fingerprint density at radius 1 is 1.24 bits per heavy atom. The molecule has 2 unspecified atom stereocenters. The Labute approximate surface area is 135 Å². The summed E-state index contributed by atoms with van der Waals surface area (Å²) < 4.78 is 0. The standard InChI is InChI=1S/C17H33N3S/c1-9-12(3)15-14(11-18-10-2)21-16(19-15)20(8)13(4)17(5,6)7/h12-13,18H,9-11H2,1-8H3. The second-order valence-corrected chi connectivity index (χ2v) is 8.11. The number of thiazole rings is 1. The van der Waals surface area contributed by atoms with Crippen molar-refractivity contribution < 1.29 is 0 Å². The molecule has 0 bridgehead atoms. The molecule has 3 nitrogen and oxygen atoms in total. The molecule has 0 radical (unpaired) electrons. The molecule has 1 aromatic heterocycles. The van der Waals surface area contributed by atoms with Crippen LogP contribution in [-0.2, 0) is 6.54 Å². The van der Waals surface area contributed by atoms with Gasteiger partial charge in [0.1, 0.15) is 0 Å². The van der Waals surface area contributed by atoms with Gasteiger partial charge in [0.25, 0.3) is 0 Å². The number of nitrogens with one attached hydrogen (secondary N) is 1. The number of hydrogen-bond donors (Lipinski definition) is 1. The number of nitrogens with zero attached hydrogens (tertiary/aromatic N) is 2. The fourth-order valence-electron chi connectivity index (χ4n) is 2.19. The smallest absolute Gasteiger partial charge is 0.185 e. The lowest BCUT2D eigenvalue weighted by Crippen LogP contribution is -2.39. The van der Waals surface area contributed by atoms with Gasteiger partial charge in [0.2, 0.25) is 0 Å². The summed E-state index contributed by atoms with van der Waals surface area (Å²) in [6, 6.07) is 0.459. The minimum Gasteiger partial charge on any atom is -0.348 e. The fourth-order valence-corrected chi connectivity index (χ4v) is 3.38. The van der Waals surface area contributed by atoms with Gasteiger partial charge in [-0.15, -0.1) is 11.3 Å². The average Bonchev–Trinajstić information content (AvgIpc) is 2.85. The third-order valence-electron chi connectivity index (χ3n) is 4.47. The molecule has 1 N–H and O–H groups in total. The topological polar surface area (TPSA) is 28.2 Å². The summed E-state index contributed by atoms with van der Waals surface area (Å²) in [5, 5.41) is 4.60. The molecule has 0 saturated heterocycles. The lowest BCUT2D eigenvalue weighted by atomic mass is 9.87. The molecule has 2 atom stereocenters. The van der Waals surface area contributed by atoms with Crippen LogP contribution in [0.1, 0.15) is 71.4 Å². The van der Waals surface area contributed by atoms with E-state index < -0.39 is 0 Å².